The van der Waals surface area contributed by atoms with Gasteiger partial charge in [0, 0.05) is 11.3 Å². The summed E-state index contributed by atoms with van der Waals surface area (Å²) in [6, 6.07) is 7.89. The van der Waals surface area contributed by atoms with Crippen molar-refractivity contribution < 1.29 is 18.3 Å². The molecule has 1 aromatic carbocycles. The standard InChI is InChI=1S/C12H12F3NO/c1-8(2)16-10(11(17)12(13,14)15)9-6-4-3-5-7-9/h3-7,11,17H,1H2,2H3/p+1. The molecule has 92 valence electrons. The van der Waals surface area contributed by atoms with Crippen molar-refractivity contribution in [2.24, 2.45) is 4.99 Å². The maximum atomic E-state index is 12.5. The molecule has 0 aromatic heterocycles. The lowest BCUT2D eigenvalue weighted by atomic mass is 10.0. The van der Waals surface area contributed by atoms with Gasteiger partial charge in [0.15, 0.2) is 0 Å². The van der Waals surface area contributed by atoms with Crippen LogP contribution >= 0.6 is 0 Å². The topological polar surface area (TPSA) is 35.3 Å². The highest BCUT2D eigenvalue weighted by atomic mass is 19.4. The molecule has 0 fully saturated rings. The van der Waals surface area contributed by atoms with Crippen LogP contribution in [0.4, 0.5) is 13.2 Å². The first-order chi connectivity index (χ1) is 7.82. The zero-order valence-electron chi connectivity index (χ0n) is 9.25. The van der Waals surface area contributed by atoms with Crippen molar-refractivity contribution in [1.29, 1.82) is 0 Å². The number of aliphatic imine (C=N–C) groups is 1. The second-order valence-electron chi connectivity index (χ2n) is 3.57. The number of hydrogen-bond acceptors (Lipinski definition) is 1. The summed E-state index contributed by atoms with van der Waals surface area (Å²) in [4.78, 5) is 3.73. The summed E-state index contributed by atoms with van der Waals surface area (Å²) in [6.07, 6.45) is -6.99. The molecule has 1 aromatic rings. The van der Waals surface area contributed by atoms with Crippen LogP contribution in [0.25, 0.3) is 0 Å². The van der Waals surface area contributed by atoms with Gasteiger partial charge in [-0.1, -0.05) is 36.9 Å². The molecule has 2 nitrogen and oxygen atoms in total. The summed E-state index contributed by atoms with van der Waals surface area (Å²) in [5.74, 6) is 0. The molecule has 0 bridgehead atoms. The normalized spacial score (nSPS) is 14.5. The van der Waals surface area contributed by atoms with Crippen LogP contribution in [0, 0.1) is 0 Å². The van der Waals surface area contributed by atoms with Crippen molar-refractivity contribution >= 4 is 5.71 Å². The van der Waals surface area contributed by atoms with Crippen molar-refractivity contribution in [3.8, 4) is 0 Å². The molecule has 17 heavy (non-hydrogen) atoms. The molecule has 0 aliphatic carbocycles. The number of benzene rings is 1. The van der Waals surface area contributed by atoms with Crippen LogP contribution in [-0.2, 0) is 0 Å². The van der Waals surface area contributed by atoms with Gasteiger partial charge in [0.1, 0.15) is 5.71 Å². The highest BCUT2D eigenvalue weighted by Gasteiger charge is 2.47. The van der Waals surface area contributed by atoms with E-state index in [0.717, 1.165) is 0 Å². The van der Waals surface area contributed by atoms with Crippen LogP contribution in [0.5, 0.6) is 0 Å². The van der Waals surface area contributed by atoms with E-state index in [1.54, 1.807) is 18.2 Å². The molecule has 0 spiro atoms. The number of hydrogen-bond donors (Lipinski definition) is 0. The highest BCUT2D eigenvalue weighted by Crippen LogP contribution is 2.24. The van der Waals surface area contributed by atoms with E-state index in [-0.39, 0.29) is 17.0 Å². The van der Waals surface area contributed by atoms with E-state index in [1.807, 2.05) is 0 Å². The fourth-order valence-corrected chi connectivity index (χ4v) is 1.27. The van der Waals surface area contributed by atoms with Gasteiger partial charge in [-0.15, -0.1) is 0 Å². The number of allylic oxidation sites excluding steroid dienone is 1. The molecule has 1 atom stereocenters. The monoisotopic (exact) mass is 244 g/mol. The van der Waals surface area contributed by atoms with Crippen molar-refractivity contribution in [2.75, 3.05) is 0 Å². The summed E-state index contributed by atoms with van der Waals surface area (Å²) in [6.45, 7) is 4.94. The smallest absolute Gasteiger partial charge is 0.432 e. The minimum Gasteiger partial charge on any atom is -0.432 e. The Bertz CT molecular complexity index is 423. The predicted molar refractivity (Wildman–Crippen MR) is 61.2 cm³/mol. The van der Waals surface area contributed by atoms with E-state index in [0.29, 0.717) is 0 Å². The number of alkyl halides is 3. The first-order valence-corrected chi connectivity index (χ1v) is 4.89. The van der Waals surface area contributed by atoms with Gasteiger partial charge < -0.3 is 5.11 Å². The Labute approximate surface area is 97.1 Å². The number of rotatable bonds is 3. The maximum Gasteiger partial charge on any atom is 0.468 e. The van der Waals surface area contributed by atoms with E-state index in [2.05, 4.69) is 11.6 Å². The highest BCUT2D eigenvalue weighted by molar-refractivity contribution is 6.04. The molecule has 0 aliphatic rings. The fourth-order valence-electron chi connectivity index (χ4n) is 1.27. The van der Waals surface area contributed by atoms with Gasteiger partial charge >= 0.3 is 6.18 Å². The second-order valence-corrected chi connectivity index (χ2v) is 3.57. The Morgan fingerprint density at radius 1 is 1.29 bits per heavy atom. The zero-order chi connectivity index (χ0) is 13.1. The minimum absolute atomic E-state index is 0.241. The lowest BCUT2D eigenvalue weighted by molar-refractivity contribution is -0.180. The Balaban J connectivity index is 3.20. The first-order valence-electron chi connectivity index (χ1n) is 4.89. The van der Waals surface area contributed by atoms with Crippen LogP contribution in [0.3, 0.4) is 0 Å². The number of halogens is 3. The largest absolute Gasteiger partial charge is 0.468 e. The minimum atomic E-state index is -4.63. The molecule has 0 saturated carbocycles. The van der Waals surface area contributed by atoms with Crippen LogP contribution in [0.15, 0.2) is 47.6 Å². The fraction of sp³-hybridized carbons (Fsp3) is 0.250. The van der Waals surface area contributed by atoms with Gasteiger partial charge in [0.05, 0.1) is 0 Å². The Hall–Kier alpha value is -1.62. The summed E-state index contributed by atoms with van der Waals surface area (Å²) in [5.41, 5.74) is 0.198. The molecule has 0 heterocycles. The van der Waals surface area contributed by atoms with Crippen LogP contribution in [-0.4, -0.2) is 23.1 Å². The quantitative estimate of drug-likeness (QED) is 0.579. The van der Waals surface area contributed by atoms with E-state index in [1.165, 1.54) is 19.1 Å². The van der Waals surface area contributed by atoms with E-state index in [9.17, 15) is 13.2 Å². The van der Waals surface area contributed by atoms with E-state index < -0.39 is 12.3 Å². The molecule has 0 radical (unpaired) electrons. The molecule has 0 saturated heterocycles. The molecule has 0 aliphatic heterocycles. The lowest BCUT2D eigenvalue weighted by Crippen LogP contribution is -2.37. The van der Waals surface area contributed by atoms with Crippen molar-refractivity contribution in [2.45, 2.75) is 19.2 Å². The molecule has 0 amide bonds. The first kappa shape index (κ1) is 13.4. The van der Waals surface area contributed by atoms with Gasteiger partial charge in [-0.3, -0.25) is 0 Å². The Kier molecular flexibility index (Phi) is 4.07. The molecular weight excluding hydrogens is 231 g/mol. The predicted octanol–water partition coefficient (Wildman–Crippen LogP) is 2.66. The third kappa shape index (κ3) is 3.71. The van der Waals surface area contributed by atoms with Crippen LogP contribution in [0.2, 0.25) is 0 Å². The Morgan fingerprint density at radius 2 is 1.82 bits per heavy atom. The summed E-state index contributed by atoms with van der Waals surface area (Å²) in [7, 11) is 0. The average molecular weight is 244 g/mol. The third-order valence-corrected chi connectivity index (χ3v) is 1.98. The van der Waals surface area contributed by atoms with Crippen molar-refractivity contribution in [3.63, 3.8) is 0 Å². The van der Waals surface area contributed by atoms with Crippen LogP contribution in [0.1, 0.15) is 12.5 Å². The van der Waals surface area contributed by atoms with Crippen molar-refractivity contribution in [3.05, 3.63) is 48.2 Å². The van der Waals surface area contributed by atoms with Gasteiger partial charge in [-0.2, -0.15) is 13.2 Å². The molecule has 2 N–H and O–H groups in total. The summed E-state index contributed by atoms with van der Waals surface area (Å²) in [5, 5.41) is 7.21. The number of nitrogens with zero attached hydrogens (tertiary/aromatic N) is 1. The van der Waals surface area contributed by atoms with Crippen molar-refractivity contribution in [1.82, 2.24) is 0 Å². The van der Waals surface area contributed by atoms with Gasteiger partial charge in [0.2, 0.25) is 0 Å². The third-order valence-electron chi connectivity index (χ3n) is 1.98. The molecule has 1 rings (SSSR count). The van der Waals surface area contributed by atoms with Gasteiger partial charge in [-0.25, -0.2) is 4.99 Å². The van der Waals surface area contributed by atoms with Crippen LogP contribution < -0.4 is 0 Å². The van der Waals surface area contributed by atoms with Gasteiger partial charge in [-0.05, 0) is 6.92 Å². The summed E-state index contributed by atoms with van der Waals surface area (Å²) >= 11 is 0. The summed E-state index contributed by atoms with van der Waals surface area (Å²) < 4.78 is 37.6. The maximum absolute atomic E-state index is 12.5. The zero-order valence-corrected chi connectivity index (χ0v) is 9.25. The average Bonchev–Trinajstić information content (AvgIpc) is 2.24. The molecular formula is C12H13F3NO+. The molecule has 1 unspecified atom stereocenters. The Morgan fingerprint density at radius 3 is 2.24 bits per heavy atom. The van der Waals surface area contributed by atoms with E-state index in [4.69, 9.17) is 5.11 Å². The van der Waals surface area contributed by atoms with E-state index >= 15 is 0 Å². The second kappa shape index (κ2) is 5.14. The van der Waals surface area contributed by atoms with Gasteiger partial charge in [0.25, 0.3) is 6.10 Å². The SMILES string of the molecule is C=C(C)N=C(c1ccccc1)C([OH2+])C(F)(F)F. The lowest BCUT2D eigenvalue weighted by Gasteiger charge is -2.13. The molecule has 5 heteroatoms.